The van der Waals surface area contributed by atoms with Gasteiger partial charge in [-0.05, 0) is 75.6 Å². The molecule has 0 aliphatic rings. The zero-order valence-corrected chi connectivity index (χ0v) is 20.3. The molecule has 2 aromatic carbocycles. The number of esters is 1. The van der Waals surface area contributed by atoms with E-state index in [4.69, 9.17) is 14.7 Å². The Morgan fingerprint density at radius 1 is 1.03 bits per heavy atom. The molecule has 0 aliphatic heterocycles. The zero-order valence-electron chi connectivity index (χ0n) is 20.3. The monoisotopic (exact) mass is 465 g/mol. The predicted octanol–water partition coefficient (Wildman–Crippen LogP) is 4.43. The normalized spacial score (nSPS) is 10.7. The summed E-state index contributed by atoms with van der Waals surface area (Å²) in [6.07, 6.45) is -0.370. The Morgan fingerprint density at radius 2 is 1.65 bits per heavy atom. The lowest BCUT2D eigenvalue weighted by atomic mass is 10.1. The molecule has 0 saturated heterocycles. The summed E-state index contributed by atoms with van der Waals surface area (Å²) in [6, 6.07) is 14.2. The van der Waals surface area contributed by atoms with Gasteiger partial charge < -0.3 is 19.7 Å². The quantitative estimate of drug-likeness (QED) is 0.578. The Bertz CT molecular complexity index is 1050. The minimum absolute atomic E-state index is 0.158. The molecule has 0 fully saturated rings. The number of nitrogens with one attached hydrogen (secondary N) is 1. The Labute approximate surface area is 200 Å². The zero-order chi connectivity index (χ0) is 25.3. The van der Waals surface area contributed by atoms with Crippen LogP contribution in [0.3, 0.4) is 0 Å². The van der Waals surface area contributed by atoms with Gasteiger partial charge in [0.1, 0.15) is 5.60 Å². The molecule has 0 unspecified atom stereocenters. The fourth-order valence-electron chi connectivity index (χ4n) is 3.20. The number of hydrogen-bond donors (Lipinski definition) is 1. The van der Waals surface area contributed by atoms with Crippen LogP contribution in [0.1, 0.15) is 54.2 Å². The molecule has 8 heteroatoms. The molecular formula is C26H31N3O5. The van der Waals surface area contributed by atoms with Gasteiger partial charge >= 0.3 is 12.1 Å². The number of alkyl carbamates (subject to hydrolysis) is 1. The first-order valence-electron chi connectivity index (χ1n) is 11.0. The molecule has 8 nitrogen and oxygen atoms in total. The number of rotatable bonds is 8. The maximum absolute atomic E-state index is 12.8. The van der Waals surface area contributed by atoms with E-state index in [1.807, 2.05) is 38.1 Å². The van der Waals surface area contributed by atoms with E-state index in [0.29, 0.717) is 5.69 Å². The van der Waals surface area contributed by atoms with E-state index >= 15 is 0 Å². The third kappa shape index (κ3) is 8.58. The van der Waals surface area contributed by atoms with Crippen molar-refractivity contribution in [3.63, 3.8) is 0 Å². The molecule has 0 bridgehead atoms. The van der Waals surface area contributed by atoms with E-state index in [0.717, 1.165) is 16.7 Å². The molecule has 0 aromatic heterocycles. The molecule has 0 atom stereocenters. The Morgan fingerprint density at radius 3 is 2.21 bits per heavy atom. The molecule has 180 valence electrons. The van der Waals surface area contributed by atoms with Gasteiger partial charge in [-0.1, -0.05) is 18.2 Å². The second kappa shape index (κ2) is 11.8. The number of carbonyl (C=O) groups is 3. The lowest BCUT2D eigenvalue weighted by Crippen LogP contribution is -2.35. The van der Waals surface area contributed by atoms with E-state index in [1.165, 1.54) is 4.90 Å². The van der Waals surface area contributed by atoms with Gasteiger partial charge in [0.15, 0.2) is 6.61 Å². The van der Waals surface area contributed by atoms with Crippen LogP contribution in [0.4, 0.5) is 10.5 Å². The van der Waals surface area contributed by atoms with E-state index in [9.17, 15) is 14.4 Å². The van der Waals surface area contributed by atoms with E-state index < -0.39 is 30.2 Å². The smallest absolute Gasteiger partial charge is 0.407 e. The summed E-state index contributed by atoms with van der Waals surface area (Å²) in [6.45, 7) is 9.19. The molecule has 2 amide bonds. The maximum atomic E-state index is 12.8. The third-order valence-corrected chi connectivity index (χ3v) is 4.62. The second-order valence-corrected chi connectivity index (χ2v) is 8.93. The van der Waals surface area contributed by atoms with Gasteiger partial charge in [-0.25, -0.2) is 9.59 Å². The predicted molar refractivity (Wildman–Crippen MR) is 128 cm³/mol. The molecule has 0 saturated carbocycles. The number of ether oxygens (including phenoxy) is 2. The van der Waals surface area contributed by atoms with E-state index in [2.05, 4.69) is 5.32 Å². The van der Waals surface area contributed by atoms with Crippen LogP contribution in [-0.4, -0.2) is 36.7 Å². The highest BCUT2D eigenvalue weighted by atomic mass is 16.6. The average Bonchev–Trinajstić information content (AvgIpc) is 2.75. The second-order valence-electron chi connectivity index (χ2n) is 8.93. The summed E-state index contributed by atoms with van der Waals surface area (Å²) in [5.74, 6) is -1.05. The van der Waals surface area contributed by atoms with Gasteiger partial charge in [0.2, 0.25) is 0 Å². The molecule has 34 heavy (non-hydrogen) atoms. The molecule has 2 aromatic rings. The fourth-order valence-corrected chi connectivity index (χ4v) is 3.20. The maximum Gasteiger partial charge on any atom is 0.407 e. The van der Waals surface area contributed by atoms with Crippen molar-refractivity contribution in [1.82, 2.24) is 5.32 Å². The van der Waals surface area contributed by atoms with Crippen molar-refractivity contribution in [3.8, 4) is 6.07 Å². The van der Waals surface area contributed by atoms with Gasteiger partial charge in [0.05, 0.1) is 18.1 Å². The standard InChI is InChI=1S/C26H31N3O5/c1-18-13-19(2)15-22(14-18)29(12-6-11-27)23(30)17-33-24(31)21-9-7-20(8-10-21)16-28-25(32)34-26(3,4)5/h7-10,13-15H,6,12,16-17H2,1-5H3,(H,28,32). The van der Waals surface area contributed by atoms with Crippen molar-refractivity contribution in [2.75, 3.05) is 18.1 Å². The Kier molecular flexibility index (Phi) is 9.19. The highest BCUT2D eigenvalue weighted by Crippen LogP contribution is 2.20. The molecule has 0 heterocycles. The summed E-state index contributed by atoms with van der Waals surface area (Å²) in [5.41, 5.74) is 3.11. The number of amides is 2. The highest BCUT2D eigenvalue weighted by molar-refractivity contribution is 5.97. The van der Waals surface area contributed by atoms with E-state index in [1.54, 1.807) is 45.0 Å². The largest absolute Gasteiger partial charge is 0.452 e. The van der Waals surface area contributed by atoms with Gasteiger partial charge in [0, 0.05) is 18.8 Å². The van der Waals surface area contributed by atoms with E-state index in [-0.39, 0.29) is 25.1 Å². The van der Waals surface area contributed by atoms with Crippen LogP contribution in [-0.2, 0) is 20.8 Å². The summed E-state index contributed by atoms with van der Waals surface area (Å²) >= 11 is 0. The van der Waals surface area contributed by atoms with Crippen molar-refractivity contribution < 1.29 is 23.9 Å². The van der Waals surface area contributed by atoms with Crippen LogP contribution >= 0.6 is 0 Å². The third-order valence-electron chi connectivity index (χ3n) is 4.62. The van der Waals surface area contributed by atoms with Crippen LogP contribution in [0.2, 0.25) is 0 Å². The van der Waals surface area contributed by atoms with Crippen molar-refractivity contribution in [2.24, 2.45) is 0 Å². The lowest BCUT2D eigenvalue weighted by molar-refractivity contribution is -0.121. The average molecular weight is 466 g/mol. The molecule has 1 N–H and O–H groups in total. The van der Waals surface area contributed by atoms with Crippen molar-refractivity contribution in [3.05, 3.63) is 64.7 Å². The minimum atomic E-state index is -0.638. The molecule has 0 aliphatic carbocycles. The number of nitriles is 1. The van der Waals surface area contributed by atoms with Crippen LogP contribution in [0.5, 0.6) is 0 Å². The summed E-state index contributed by atoms with van der Waals surface area (Å²) < 4.78 is 10.4. The number of nitrogens with zero attached hydrogens (tertiary/aromatic N) is 2. The molecular weight excluding hydrogens is 434 g/mol. The number of carbonyl (C=O) groups excluding carboxylic acids is 3. The summed E-state index contributed by atoms with van der Waals surface area (Å²) in [7, 11) is 0. The topological polar surface area (TPSA) is 109 Å². The van der Waals surface area contributed by atoms with Crippen LogP contribution < -0.4 is 10.2 Å². The van der Waals surface area contributed by atoms with Crippen LogP contribution in [0.25, 0.3) is 0 Å². The Hall–Kier alpha value is -3.86. The van der Waals surface area contributed by atoms with Gasteiger partial charge in [-0.2, -0.15) is 5.26 Å². The molecule has 2 rings (SSSR count). The number of anilines is 1. The fraction of sp³-hybridized carbons (Fsp3) is 0.385. The van der Waals surface area contributed by atoms with Crippen molar-refractivity contribution >= 4 is 23.7 Å². The summed E-state index contributed by atoms with van der Waals surface area (Å²) in [4.78, 5) is 38.4. The number of benzene rings is 2. The first kappa shape index (κ1) is 26.4. The van der Waals surface area contributed by atoms with Crippen molar-refractivity contribution in [1.29, 1.82) is 5.26 Å². The van der Waals surface area contributed by atoms with Gasteiger partial charge in [0.25, 0.3) is 5.91 Å². The van der Waals surface area contributed by atoms with Gasteiger partial charge in [-0.3, -0.25) is 4.79 Å². The van der Waals surface area contributed by atoms with Crippen LogP contribution in [0.15, 0.2) is 42.5 Å². The van der Waals surface area contributed by atoms with Crippen molar-refractivity contribution in [2.45, 2.75) is 53.2 Å². The van der Waals surface area contributed by atoms with Crippen LogP contribution in [0, 0.1) is 25.2 Å². The highest BCUT2D eigenvalue weighted by Gasteiger charge is 2.19. The SMILES string of the molecule is Cc1cc(C)cc(N(CCC#N)C(=O)COC(=O)c2ccc(CNC(=O)OC(C)(C)C)cc2)c1. The summed E-state index contributed by atoms with van der Waals surface area (Å²) in [5, 5.41) is 11.6. The van der Waals surface area contributed by atoms with Gasteiger partial charge in [-0.15, -0.1) is 0 Å². The Balaban J connectivity index is 1.96. The minimum Gasteiger partial charge on any atom is -0.452 e. The molecule has 0 spiro atoms. The molecule has 0 radical (unpaired) electrons. The first-order chi connectivity index (χ1) is 16.0. The first-order valence-corrected chi connectivity index (χ1v) is 11.0. The lowest BCUT2D eigenvalue weighted by Gasteiger charge is -2.22. The number of aryl methyl sites for hydroxylation is 2. The number of hydrogen-bond acceptors (Lipinski definition) is 6.